The number of piperidine rings is 1. The molecule has 2 aromatic rings. The molecule has 3 rings (SSSR count). The minimum atomic E-state index is 0.0207. The number of hydrogen-bond donors (Lipinski definition) is 1. The van der Waals surface area contributed by atoms with Crippen LogP contribution < -0.4 is 5.32 Å². The third-order valence-electron chi connectivity index (χ3n) is 5.53. The molecule has 1 atom stereocenters. The number of benzene rings is 2. The van der Waals surface area contributed by atoms with Crippen LogP contribution in [0.3, 0.4) is 0 Å². The highest BCUT2D eigenvalue weighted by Gasteiger charge is 2.28. The van der Waals surface area contributed by atoms with Gasteiger partial charge in [0.25, 0.3) is 0 Å². The van der Waals surface area contributed by atoms with Gasteiger partial charge in [-0.05, 0) is 70.1 Å². The third-order valence-corrected chi connectivity index (χ3v) is 5.53. The first-order valence-electron chi connectivity index (χ1n) is 9.72. The van der Waals surface area contributed by atoms with Crippen molar-refractivity contribution >= 4 is 16.8 Å². The molecular weight excluding hydrogens is 322 g/mol. The molecule has 140 valence electrons. The summed E-state index contributed by atoms with van der Waals surface area (Å²) in [5, 5.41) is 5.72. The molecule has 1 aliphatic rings. The second-order valence-electron chi connectivity index (χ2n) is 7.77. The highest BCUT2D eigenvalue weighted by molar-refractivity contribution is 5.86. The molecule has 1 aliphatic heterocycles. The number of carbonyl (C=O) groups is 1. The maximum Gasteiger partial charge on any atom is 0.318 e. The summed E-state index contributed by atoms with van der Waals surface area (Å²) in [6.45, 7) is 8.42. The van der Waals surface area contributed by atoms with Gasteiger partial charge in [0.1, 0.15) is 0 Å². The van der Waals surface area contributed by atoms with E-state index in [9.17, 15) is 4.79 Å². The molecule has 0 bridgehead atoms. The SMILES string of the molecule is CC(C)N(C(=O)NC1CCN(C)CC1)C(C)c1cccc2ccccc12. The quantitative estimate of drug-likeness (QED) is 0.883. The molecule has 2 aromatic carbocycles. The van der Waals surface area contributed by atoms with Gasteiger partial charge < -0.3 is 15.1 Å². The van der Waals surface area contributed by atoms with Crippen molar-refractivity contribution in [1.82, 2.24) is 15.1 Å². The average molecular weight is 354 g/mol. The van der Waals surface area contributed by atoms with Crippen molar-refractivity contribution in [2.24, 2.45) is 0 Å². The number of fused-ring (bicyclic) bond motifs is 1. The lowest BCUT2D eigenvalue weighted by Gasteiger charge is -2.36. The molecule has 1 unspecified atom stereocenters. The van der Waals surface area contributed by atoms with E-state index in [0.29, 0.717) is 0 Å². The Morgan fingerprint density at radius 2 is 1.73 bits per heavy atom. The molecule has 0 aromatic heterocycles. The number of nitrogens with zero attached hydrogens (tertiary/aromatic N) is 2. The van der Waals surface area contributed by atoms with E-state index < -0.39 is 0 Å². The lowest BCUT2D eigenvalue weighted by atomic mass is 9.98. The van der Waals surface area contributed by atoms with Gasteiger partial charge in [-0.15, -0.1) is 0 Å². The first-order chi connectivity index (χ1) is 12.5. The van der Waals surface area contributed by atoms with E-state index in [-0.39, 0.29) is 24.2 Å². The molecule has 0 radical (unpaired) electrons. The van der Waals surface area contributed by atoms with E-state index >= 15 is 0 Å². The van der Waals surface area contributed by atoms with Crippen LogP contribution in [0.15, 0.2) is 42.5 Å². The van der Waals surface area contributed by atoms with Crippen LogP contribution in [0, 0.1) is 0 Å². The Morgan fingerprint density at radius 1 is 1.08 bits per heavy atom. The van der Waals surface area contributed by atoms with Crippen LogP contribution in [0.4, 0.5) is 4.79 Å². The first kappa shape index (κ1) is 18.7. The molecule has 4 heteroatoms. The van der Waals surface area contributed by atoms with Gasteiger partial charge in [0.15, 0.2) is 0 Å². The lowest BCUT2D eigenvalue weighted by molar-refractivity contribution is 0.149. The van der Waals surface area contributed by atoms with Crippen molar-refractivity contribution in [3.63, 3.8) is 0 Å². The maximum atomic E-state index is 13.1. The van der Waals surface area contributed by atoms with E-state index in [1.165, 1.54) is 16.3 Å². The molecule has 1 N–H and O–H groups in total. The fourth-order valence-corrected chi connectivity index (χ4v) is 4.02. The zero-order valence-electron chi connectivity index (χ0n) is 16.4. The molecule has 0 aliphatic carbocycles. The van der Waals surface area contributed by atoms with Crippen molar-refractivity contribution < 1.29 is 4.79 Å². The van der Waals surface area contributed by atoms with E-state index in [4.69, 9.17) is 0 Å². The summed E-state index contributed by atoms with van der Waals surface area (Å²) in [5.74, 6) is 0. The number of amides is 2. The fourth-order valence-electron chi connectivity index (χ4n) is 4.02. The first-order valence-corrected chi connectivity index (χ1v) is 9.72. The van der Waals surface area contributed by atoms with Crippen molar-refractivity contribution in [3.8, 4) is 0 Å². The van der Waals surface area contributed by atoms with Gasteiger partial charge in [0.05, 0.1) is 6.04 Å². The van der Waals surface area contributed by atoms with E-state index in [0.717, 1.165) is 25.9 Å². The molecular formula is C22H31N3O. The number of likely N-dealkylation sites (tertiary alicyclic amines) is 1. The standard InChI is InChI=1S/C22H31N3O/c1-16(2)25(22(26)23-19-12-14-24(4)15-13-19)17(3)20-11-7-9-18-8-5-6-10-21(18)20/h5-11,16-17,19H,12-15H2,1-4H3,(H,23,26). The summed E-state index contributed by atoms with van der Waals surface area (Å²) in [7, 11) is 2.14. The van der Waals surface area contributed by atoms with Gasteiger partial charge in [-0.1, -0.05) is 42.5 Å². The van der Waals surface area contributed by atoms with Crippen LogP contribution in [0.1, 0.15) is 45.2 Å². The van der Waals surface area contributed by atoms with Gasteiger partial charge >= 0.3 is 6.03 Å². The van der Waals surface area contributed by atoms with Crippen LogP contribution in [-0.2, 0) is 0 Å². The Kier molecular flexibility index (Phi) is 5.82. The van der Waals surface area contributed by atoms with Gasteiger partial charge in [-0.3, -0.25) is 0 Å². The molecule has 2 amide bonds. The van der Waals surface area contributed by atoms with Gasteiger partial charge in [0.2, 0.25) is 0 Å². The lowest BCUT2D eigenvalue weighted by Crippen LogP contribution is -2.51. The highest BCUT2D eigenvalue weighted by atomic mass is 16.2. The topological polar surface area (TPSA) is 35.6 Å². The number of nitrogens with one attached hydrogen (secondary N) is 1. The Bertz CT molecular complexity index is 745. The molecule has 0 spiro atoms. The predicted octanol–water partition coefficient (Wildman–Crippen LogP) is 4.42. The molecule has 4 nitrogen and oxygen atoms in total. The van der Waals surface area contributed by atoms with E-state index in [1.54, 1.807) is 0 Å². The Hall–Kier alpha value is -2.07. The summed E-state index contributed by atoms with van der Waals surface area (Å²) in [6, 6.07) is 15.2. The summed E-state index contributed by atoms with van der Waals surface area (Å²) in [4.78, 5) is 17.4. The second-order valence-corrected chi connectivity index (χ2v) is 7.77. The minimum absolute atomic E-state index is 0.0207. The number of carbonyl (C=O) groups excluding carboxylic acids is 1. The monoisotopic (exact) mass is 353 g/mol. The smallest absolute Gasteiger partial charge is 0.318 e. The maximum absolute atomic E-state index is 13.1. The van der Waals surface area contributed by atoms with Crippen molar-refractivity contribution in [2.45, 2.75) is 51.7 Å². The van der Waals surface area contributed by atoms with Crippen molar-refractivity contribution in [1.29, 1.82) is 0 Å². The van der Waals surface area contributed by atoms with Gasteiger partial charge in [-0.25, -0.2) is 4.79 Å². The summed E-state index contributed by atoms with van der Waals surface area (Å²) in [6.07, 6.45) is 2.05. The number of hydrogen-bond acceptors (Lipinski definition) is 2. The zero-order valence-corrected chi connectivity index (χ0v) is 16.4. The van der Waals surface area contributed by atoms with Gasteiger partial charge in [0, 0.05) is 12.1 Å². The van der Waals surface area contributed by atoms with E-state index in [1.807, 2.05) is 4.90 Å². The van der Waals surface area contributed by atoms with Crippen molar-refractivity contribution in [2.75, 3.05) is 20.1 Å². The van der Waals surface area contributed by atoms with Crippen LogP contribution in [0.5, 0.6) is 0 Å². The second kappa shape index (κ2) is 8.09. The number of urea groups is 1. The van der Waals surface area contributed by atoms with Crippen molar-refractivity contribution in [3.05, 3.63) is 48.0 Å². The highest BCUT2D eigenvalue weighted by Crippen LogP contribution is 2.29. The van der Waals surface area contributed by atoms with E-state index in [2.05, 4.69) is 80.5 Å². The molecule has 1 saturated heterocycles. The predicted molar refractivity (Wildman–Crippen MR) is 108 cm³/mol. The molecule has 26 heavy (non-hydrogen) atoms. The van der Waals surface area contributed by atoms with Crippen LogP contribution in [-0.4, -0.2) is 48.1 Å². The van der Waals surface area contributed by atoms with Gasteiger partial charge in [-0.2, -0.15) is 0 Å². The summed E-state index contributed by atoms with van der Waals surface area (Å²) in [5.41, 5.74) is 1.20. The third kappa shape index (κ3) is 4.01. The minimum Gasteiger partial charge on any atom is -0.335 e. The van der Waals surface area contributed by atoms with Crippen LogP contribution >= 0.6 is 0 Å². The molecule has 1 fully saturated rings. The Balaban J connectivity index is 1.81. The summed E-state index contributed by atoms with van der Waals surface area (Å²) >= 11 is 0. The zero-order chi connectivity index (χ0) is 18.7. The van der Waals surface area contributed by atoms with Crippen LogP contribution in [0.2, 0.25) is 0 Å². The Morgan fingerprint density at radius 3 is 2.42 bits per heavy atom. The number of rotatable bonds is 4. The van der Waals surface area contributed by atoms with Crippen LogP contribution in [0.25, 0.3) is 10.8 Å². The summed E-state index contributed by atoms with van der Waals surface area (Å²) < 4.78 is 0. The normalized spacial score (nSPS) is 17.4. The average Bonchev–Trinajstić information content (AvgIpc) is 2.63. The Labute approximate surface area is 157 Å². The molecule has 0 saturated carbocycles. The largest absolute Gasteiger partial charge is 0.335 e. The molecule has 1 heterocycles. The fraction of sp³-hybridized carbons (Fsp3) is 0.500.